The lowest BCUT2D eigenvalue weighted by molar-refractivity contribution is -0.155. The van der Waals surface area contributed by atoms with E-state index in [1.807, 2.05) is 38.1 Å². The Morgan fingerprint density at radius 3 is 2.72 bits per heavy atom. The first-order chi connectivity index (χ1) is 12.0. The van der Waals surface area contributed by atoms with Crippen molar-refractivity contribution in [3.8, 4) is 0 Å². The summed E-state index contributed by atoms with van der Waals surface area (Å²) in [5.41, 5.74) is 1.41. The van der Waals surface area contributed by atoms with Crippen LogP contribution in [-0.2, 0) is 19.1 Å². The van der Waals surface area contributed by atoms with Crippen LogP contribution in [0.5, 0.6) is 0 Å². The Kier molecular flexibility index (Phi) is 5.60. The van der Waals surface area contributed by atoms with Gasteiger partial charge >= 0.3 is 5.97 Å². The summed E-state index contributed by atoms with van der Waals surface area (Å²) in [6, 6.07) is 7.37. The fourth-order valence-corrected chi connectivity index (χ4v) is 3.33. The molecule has 2 atom stereocenters. The molecular formula is C17H20N2O5S. The SMILES string of the molecule is C[C@@H]1CN(C(=O)COC(=O)CSc2nc3ccccc3o2)C[C@H](C)O1. The summed E-state index contributed by atoms with van der Waals surface area (Å²) in [6.45, 7) is 4.60. The predicted molar refractivity (Wildman–Crippen MR) is 92.3 cm³/mol. The van der Waals surface area contributed by atoms with Crippen LogP contribution in [0.1, 0.15) is 13.8 Å². The van der Waals surface area contributed by atoms with Crippen LogP contribution in [-0.4, -0.2) is 59.4 Å². The van der Waals surface area contributed by atoms with Gasteiger partial charge in [0.25, 0.3) is 11.1 Å². The van der Waals surface area contributed by atoms with Gasteiger partial charge in [-0.3, -0.25) is 9.59 Å². The van der Waals surface area contributed by atoms with Crippen LogP contribution in [0.25, 0.3) is 11.1 Å². The Bertz CT molecular complexity index is 719. The van der Waals surface area contributed by atoms with Crippen LogP contribution in [0.15, 0.2) is 33.9 Å². The van der Waals surface area contributed by atoms with Gasteiger partial charge < -0.3 is 18.8 Å². The summed E-state index contributed by atoms with van der Waals surface area (Å²) >= 11 is 1.15. The van der Waals surface area contributed by atoms with E-state index in [0.717, 1.165) is 17.3 Å². The third kappa shape index (κ3) is 4.73. The normalized spacial score (nSPS) is 20.6. The topological polar surface area (TPSA) is 81.9 Å². The molecule has 7 nitrogen and oxygen atoms in total. The van der Waals surface area contributed by atoms with Gasteiger partial charge in [-0.15, -0.1) is 0 Å². The van der Waals surface area contributed by atoms with Gasteiger partial charge in [-0.2, -0.15) is 0 Å². The molecule has 8 heteroatoms. The highest BCUT2D eigenvalue weighted by Gasteiger charge is 2.26. The molecule has 0 saturated carbocycles. The maximum atomic E-state index is 12.1. The maximum absolute atomic E-state index is 12.1. The Labute approximate surface area is 149 Å². The van der Waals surface area contributed by atoms with Crippen LogP contribution < -0.4 is 0 Å². The number of aromatic nitrogens is 1. The van der Waals surface area contributed by atoms with E-state index in [4.69, 9.17) is 13.9 Å². The molecule has 1 fully saturated rings. The van der Waals surface area contributed by atoms with E-state index in [1.165, 1.54) is 0 Å². The molecule has 1 amide bonds. The predicted octanol–water partition coefficient (Wildman–Crippen LogP) is 2.10. The van der Waals surface area contributed by atoms with Gasteiger partial charge in [0.05, 0.1) is 12.2 Å². The lowest BCUT2D eigenvalue weighted by atomic mass is 10.2. The molecule has 1 aliphatic heterocycles. The van der Waals surface area contributed by atoms with Crippen LogP contribution in [0.2, 0.25) is 0 Å². The number of morpholine rings is 1. The van der Waals surface area contributed by atoms with E-state index in [0.29, 0.717) is 23.9 Å². The Hall–Kier alpha value is -2.06. The smallest absolute Gasteiger partial charge is 0.316 e. The fourth-order valence-electron chi connectivity index (χ4n) is 2.69. The number of carbonyl (C=O) groups excluding carboxylic acids is 2. The van der Waals surface area contributed by atoms with Crippen molar-refractivity contribution in [1.29, 1.82) is 0 Å². The van der Waals surface area contributed by atoms with E-state index >= 15 is 0 Å². The average Bonchev–Trinajstić information content (AvgIpc) is 3.00. The molecule has 0 bridgehead atoms. The highest BCUT2D eigenvalue weighted by molar-refractivity contribution is 7.99. The van der Waals surface area contributed by atoms with Crippen LogP contribution in [0.4, 0.5) is 0 Å². The van der Waals surface area contributed by atoms with Gasteiger partial charge in [0.2, 0.25) is 0 Å². The first-order valence-corrected chi connectivity index (χ1v) is 9.07. The number of esters is 1. The number of rotatable bonds is 5. The zero-order valence-corrected chi connectivity index (χ0v) is 15.0. The van der Waals surface area contributed by atoms with Gasteiger partial charge in [-0.1, -0.05) is 23.9 Å². The number of hydrogen-bond donors (Lipinski definition) is 0. The molecule has 1 saturated heterocycles. The van der Waals surface area contributed by atoms with Crippen molar-refractivity contribution in [2.45, 2.75) is 31.3 Å². The third-order valence-corrected chi connectivity index (χ3v) is 4.52. The van der Waals surface area contributed by atoms with Crippen molar-refractivity contribution in [3.05, 3.63) is 24.3 Å². The molecule has 2 aromatic rings. The minimum atomic E-state index is -0.477. The van der Waals surface area contributed by atoms with E-state index in [1.54, 1.807) is 4.90 Å². The first kappa shape index (κ1) is 17.8. The quantitative estimate of drug-likeness (QED) is 0.593. The number of nitrogens with zero attached hydrogens (tertiary/aromatic N) is 2. The number of amides is 1. The van der Waals surface area contributed by atoms with Gasteiger partial charge in [-0.25, -0.2) is 4.98 Å². The number of carbonyl (C=O) groups is 2. The van der Waals surface area contributed by atoms with Gasteiger partial charge in [0.15, 0.2) is 12.2 Å². The highest BCUT2D eigenvalue weighted by Crippen LogP contribution is 2.23. The van der Waals surface area contributed by atoms with Crippen LogP contribution in [0.3, 0.4) is 0 Å². The Morgan fingerprint density at radius 1 is 1.28 bits per heavy atom. The Balaban J connectivity index is 1.44. The molecule has 1 aromatic heterocycles. The number of thioether (sulfide) groups is 1. The van der Waals surface area contributed by atoms with E-state index in [9.17, 15) is 9.59 Å². The van der Waals surface area contributed by atoms with E-state index in [2.05, 4.69) is 4.98 Å². The molecule has 2 heterocycles. The number of fused-ring (bicyclic) bond motifs is 1. The minimum absolute atomic E-state index is 0.0156. The second kappa shape index (κ2) is 7.88. The molecule has 0 radical (unpaired) electrons. The second-order valence-electron chi connectivity index (χ2n) is 5.95. The van der Waals surface area contributed by atoms with Gasteiger partial charge in [-0.05, 0) is 26.0 Å². The fraction of sp³-hybridized carbons (Fsp3) is 0.471. The third-order valence-electron chi connectivity index (χ3n) is 3.72. The van der Waals surface area contributed by atoms with Crippen molar-refractivity contribution in [2.75, 3.05) is 25.4 Å². The molecule has 1 aliphatic rings. The number of oxazole rings is 1. The first-order valence-electron chi connectivity index (χ1n) is 8.08. The van der Waals surface area contributed by atoms with E-state index < -0.39 is 5.97 Å². The standard InChI is InChI=1S/C17H20N2O5S/c1-11-7-19(8-12(2)23-11)15(20)9-22-16(21)10-25-17-18-13-5-3-4-6-14(13)24-17/h3-6,11-12H,7-10H2,1-2H3/t11-,12+. The number of hydrogen-bond acceptors (Lipinski definition) is 7. The summed E-state index contributed by atoms with van der Waals surface area (Å²) in [4.78, 5) is 29.9. The zero-order valence-electron chi connectivity index (χ0n) is 14.1. The van der Waals surface area contributed by atoms with Crippen molar-refractivity contribution in [1.82, 2.24) is 9.88 Å². The van der Waals surface area contributed by atoms with Crippen molar-refractivity contribution < 1.29 is 23.5 Å². The molecule has 0 aliphatic carbocycles. The summed E-state index contributed by atoms with van der Waals surface area (Å²) < 4.78 is 16.2. The van der Waals surface area contributed by atoms with Gasteiger partial charge in [0, 0.05) is 13.1 Å². The van der Waals surface area contributed by atoms with Crippen LogP contribution >= 0.6 is 11.8 Å². The van der Waals surface area contributed by atoms with Crippen LogP contribution in [0, 0.1) is 0 Å². The summed E-state index contributed by atoms with van der Waals surface area (Å²) in [7, 11) is 0. The number of para-hydroxylation sites is 2. The second-order valence-corrected chi connectivity index (χ2v) is 6.88. The minimum Gasteiger partial charge on any atom is -0.455 e. The zero-order chi connectivity index (χ0) is 17.8. The van der Waals surface area contributed by atoms with E-state index in [-0.39, 0.29) is 30.5 Å². The highest BCUT2D eigenvalue weighted by atomic mass is 32.2. The summed E-state index contributed by atoms with van der Waals surface area (Å²) in [6.07, 6.45) is -0.0313. The molecule has 0 spiro atoms. The molecule has 3 rings (SSSR count). The monoisotopic (exact) mass is 364 g/mol. The van der Waals surface area contributed by atoms with Crippen molar-refractivity contribution >= 4 is 34.7 Å². The lowest BCUT2D eigenvalue weighted by Gasteiger charge is -2.35. The molecule has 134 valence electrons. The molecular weight excluding hydrogens is 344 g/mol. The van der Waals surface area contributed by atoms with Crippen molar-refractivity contribution in [2.24, 2.45) is 0 Å². The number of ether oxygens (including phenoxy) is 2. The maximum Gasteiger partial charge on any atom is 0.316 e. The molecule has 0 unspecified atom stereocenters. The Morgan fingerprint density at radius 2 is 2.00 bits per heavy atom. The van der Waals surface area contributed by atoms with Crippen molar-refractivity contribution in [3.63, 3.8) is 0 Å². The summed E-state index contributed by atoms with van der Waals surface area (Å²) in [5.74, 6) is -0.645. The number of benzene rings is 1. The largest absolute Gasteiger partial charge is 0.455 e. The average molecular weight is 364 g/mol. The molecule has 25 heavy (non-hydrogen) atoms. The molecule has 0 N–H and O–H groups in total. The van der Waals surface area contributed by atoms with Gasteiger partial charge in [0.1, 0.15) is 11.3 Å². The summed E-state index contributed by atoms with van der Waals surface area (Å²) in [5, 5.41) is 0.403. The lowest BCUT2D eigenvalue weighted by Crippen LogP contribution is -2.49. The molecule has 1 aromatic carbocycles.